The lowest BCUT2D eigenvalue weighted by Gasteiger charge is -2.10. The van der Waals surface area contributed by atoms with E-state index in [0.717, 1.165) is 26.0 Å². The van der Waals surface area contributed by atoms with Gasteiger partial charge in [0.15, 0.2) is 15.8 Å². The van der Waals surface area contributed by atoms with Gasteiger partial charge in [-0.1, -0.05) is 25.6 Å². The van der Waals surface area contributed by atoms with Crippen LogP contribution in [-0.2, 0) is 0 Å². The Kier molecular flexibility index (Phi) is 6.80. The first-order valence-corrected chi connectivity index (χ1v) is 10.9. The number of methoxy groups -OCH3 is 2. The van der Waals surface area contributed by atoms with Crippen LogP contribution in [0.5, 0.6) is 11.5 Å². The lowest BCUT2D eigenvalue weighted by molar-refractivity contribution is 0.102. The van der Waals surface area contributed by atoms with Crippen molar-refractivity contribution in [3.8, 4) is 11.5 Å². The number of fused-ring (bicyclic) bond motifs is 1. The molecule has 0 saturated heterocycles. The fourth-order valence-electron chi connectivity index (χ4n) is 2.61. The van der Waals surface area contributed by atoms with Crippen molar-refractivity contribution < 1.29 is 14.3 Å². The molecule has 1 aromatic heterocycles. The zero-order valence-corrected chi connectivity index (χ0v) is 18.1. The van der Waals surface area contributed by atoms with Gasteiger partial charge in [-0.15, -0.1) is 11.3 Å². The van der Waals surface area contributed by atoms with Crippen LogP contribution in [-0.4, -0.2) is 30.9 Å². The molecule has 0 atom stereocenters. The number of nitrogens with zero attached hydrogens (tertiary/aromatic N) is 1. The van der Waals surface area contributed by atoms with E-state index >= 15 is 0 Å². The first kappa shape index (κ1) is 20.5. The van der Waals surface area contributed by atoms with Crippen LogP contribution in [0.2, 0.25) is 0 Å². The van der Waals surface area contributed by atoms with Crippen LogP contribution in [0.25, 0.3) is 10.2 Å². The predicted octanol–water partition coefficient (Wildman–Crippen LogP) is 5.70. The Morgan fingerprint density at radius 1 is 1.14 bits per heavy atom. The van der Waals surface area contributed by atoms with Crippen LogP contribution < -0.4 is 14.8 Å². The van der Waals surface area contributed by atoms with E-state index in [0.29, 0.717) is 23.0 Å². The number of carbonyl (C=O) groups excluding carboxylic acids is 1. The predicted molar refractivity (Wildman–Crippen MR) is 117 cm³/mol. The van der Waals surface area contributed by atoms with Crippen molar-refractivity contribution in [2.24, 2.45) is 5.92 Å². The molecule has 0 aliphatic heterocycles. The van der Waals surface area contributed by atoms with E-state index in [4.69, 9.17) is 9.47 Å². The molecule has 5 nitrogen and oxygen atoms in total. The topological polar surface area (TPSA) is 60.5 Å². The molecule has 0 saturated carbocycles. The van der Waals surface area contributed by atoms with E-state index in [1.807, 2.05) is 18.2 Å². The summed E-state index contributed by atoms with van der Waals surface area (Å²) in [4.78, 5) is 17.3. The molecule has 0 unspecified atom stereocenters. The van der Waals surface area contributed by atoms with Gasteiger partial charge >= 0.3 is 0 Å². The molecule has 0 aliphatic carbocycles. The first-order chi connectivity index (χ1) is 13.5. The van der Waals surface area contributed by atoms with Gasteiger partial charge < -0.3 is 14.8 Å². The maximum atomic E-state index is 12.6. The Hall–Kier alpha value is -2.25. The summed E-state index contributed by atoms with van der Waals surface area (Å²) in [6.45, 7) is 4.46. The van der Waals surface area contributed by atoms with Gasteiger partial charge in [0.2, 0.25) is 0 Å². The number of amides is 1. The van der Waals surface area contributed by atoms with E-state index in [9.17, 15) is 4.79 Å². The van der Waals surface area contributed by atoms with Gasteiger partial charge in [0.1, 0.15) is 0 Å². The fourth-order valence-corrected chi connectivity index (χ4v) is 5.02. The third-order valence-corrected chi connectivity index (χ3v) is 6.39. The van der Waals surface area contributed by atoms with Crippen LogP contribution in [0.3, 0.4) is 0 Å². The van der Waals surface area contributed by atoms with Crippen molar-refractivity contribution in [3.63, 3.8) is 0 Å². The molecule has 1 N–H and O–H groups in total. The second kappa shape index (κ2) is 9.30. The summed E-state index contributed by atoms with van der Waals surface area (Å²) in [5, 5.41) is 2.94. The second-order valence-electron chi connectivity index (χ2n) is 6.72. The molecule has 0 spiro atoms. The van der Waals surface area contributed by atoms with Crippen molar-refractivity contribution in [1.29, 1.82) is 0 Å². The highest BCUT2D eigenvalue weighted by Gasteiger charge is 2.12. The van der Waals surface area contributed by atoms with Gasteiger partial charge in [-0.05, 0) is 48.7 Å². The molecular formula is C21H24N2O3S2. The van der Waals surface area contributed by atoms with Crippen molar-refractivity contribution in [1.82, 2.24) is 4.98 Å². The zero-order valence-electron chi connectivity index (χ0n) is 16.4. The van der Waals surface area contributed by atoms with Crippen LogP contribution in [0.15, 0.2) is 40.7 Å². The van der Waals surface area contributed by atoms with E-state index in [-0.39, 0.29) is 5.91 Å². The van der Waals surface area contributed by atoms with Crippen molar-refractivity contribution in [2.45, 2.75) is 24.6 Å². The first-order valence-electron chi connectivity index (χ1n) is 9.07. The van der Waals surface area contributed by atoms with Crippen LogP contribution in [0.4, 0.5) is 5.69 Å². The normalized spacial score (nSPS) is 11.0. The maximum absolute atomic E-state index is 12.6. The summed E-state index contributed by atoms with van der Waals surface area (Å²) in [6, 6.07) is 10.9. The van der Waals surface area contributed by atoms with E-state index in [1.54, 1.807) is 55.5 Å². The molecule has 1 heterocycles. The molecule has 0 aliphatic rings. The Labute approximate surface area is 173 Å². The number of anilines is 1. The van der Waals surface area contributed by atoms with Crippen LogP contribution in [0, 0.1) is 5.92 Å². The quantitative estimate of drug-likeness (QED) is 0.477. The van der Waals surface area contributed by atoms with Gasteiger partial charge in [0.05, 0.1) is 24.4 Å². The van der Waals surface area contributed by atoms with Gasteiger partial charge in [0, 0.05) is 17.0 Å². The highest BCUT2D eigenvalue weighted by molar-refractivity contribution is 8.01. The average molecular weight is 417 g/mol. The van der Waals surface area contributed by atoms with Crippen LogP contribution >= 0.6 is 23.1 Å². The summed E-state index contributed by atoms with van der Waals surface area (Å²) in [6.07, 6.45) is 1.17. The minimum absolute atomic E-state index is 0.198. The number of thiazole rings is 1. The van der Waals surface area contributed by atoms with Crippen molar-refractivity contribution in [2.75, 3.05) is 25.3 Å². The largest absolute Gasteiger partial charge is 0.493 e. The molecule has 2 aromatic carbocycles. The van der Waals surface area contributed by atoms with Crippen molar-refractivity contribution in [3.05, 3.63) is 42.0 Å². The number of aromatic nitrogens is 1. The summed E-state index contributed by atoms with van der Waals surface area (Å²) >= 11 is 3.45. The van der Waals surface area contributed by atoms with Gasteiger partial charge in [0.25, 0.3) is 5.91 Å². The maximum Gasteiger partial charge on any atom is 0.255 e. The zero-order chi connectivity index (χ0) is 20.1. The molecule has 3 rings (SSSR count). The number of benzene rings is 2. The number of rotatable bonds is 8. The number of hydrogen-bond donors (Lipinski definition) is 1. The molecular weight excluding hydrogens is 392 g/mol. The molecule has 0 radical (unpaired) electrons. The third kappa shape index (κ3) is 4.97. The number of hydrogen-bond acceptors (Lipinski definition) is 6. The summed E-state index contributed by atoms with van der Waals surface area (Å²) in [5.41, 5.74) is 2.21. The smallest absolute Gasteiger partial charge is 0.255 e. The molecule has 28 heavy (non-hydrogen) atoms. The lowest BCUT2D eigenvalue weighted by Crippen LogP contribution is -2.12. The molecule has 0 bridgehead atoms. The monoisotopic (exact) mass is 416 g/mol. The molecule has 1 amide bonds. The van der Waals surface area contributed by atoms with Gasteiger partial charge in [-0.25, -0.2) is 4.98 Å². The fraction of sp³-hybridized carbons (Fsp3) is 0.333. The SMILES string of the molecule is COc1ccc(C(=O)Nc2ccc3nc(SCCC(C)C)sc3c2)cc1OC. The highest BCUT2D eigenvalue weighted by atomic mass is 32.2. The Morgan fingerprint density at radius 3 is 2.64 bits per heavy atom. The van der Waals surface area contributed by atoms with Crippen molar-refractivity contribution >= 4 is 44.9 Å². The summed E-state index contributed by atoms with van der Waals surface area (Å²) in [7, 11) is 3.12. The summed E-state index contributed by atoms with van der Waals surface area (Å²) < 4.78 is 12.6. The Bertz CT molecular complexity index is 969. The highest BCUT2D eigenvalue weighted by Crippen LogP contribution is 2.32. The molecule has 3 aromatic rings. The average Bonchev–Trinajstić information content (AvgIpc) is 3.09. The Balaban J connectivity index is 1.72. The van der Waals surface area contributed by atoms with E-state index in [2.05, 4.69) is 24.1 Å². The Morgan fingerprint density at radius 2 is 1.93 bits per heavy atom. The van der Waals surface area contributed by atoms with E-state index < -0.39 is 0 Å². The van der Waals surface area contributed by atoms with Gasteiger partial charge in [-0.3, -0.25) is 4.79 Å². The second-order valence-corrected chi connectivity index (χ2v) is 9.09. The summed E-state index contributed by atoms with van der Waals surface area (Å²) in [5.74, 6) is 2.68. The molecule has 0 fully saturated rings. The molecule has 7 heteroatoms. The lowest BCUT2D eigenvalue weighted by atomic mass is 10.2. The third-order valence-electron chi connectivity index (χ3n) is 4.19. The minimum Gasteiger partial charge on any atom is -0.493 e. The number of carbonyl (C=O) groups is 1. The number of nitrogens with one attached hydrogen (secondary N) is 1. The number of ether oxygens (including phenoxy) is 2. The number of thioether (sulfide) groups is 1. The minimum atomic E-state index is -0.198. The van der Waals surface area contributed by atoms with Crippen LogP contribution in [0.1, 0.15) is 30.6 Å². The molecule has 148 valence electrons. The standard InChI is InChI=1S/C21H24N2O3S2/c1-13(2)9-10-27-21-23-16-7-6-15(12-19(16)28-21)22-20(24)14-5-8-17(25-3)18(11-14)26-4/h5-8,11-13H,9-10H2,1-4H3,(H,22,24). The van der Waals surface area contributed by atoms with Gasteiger partial charge in [-0.2, -0.15) is 0 Å². The van der Waals surface area contributed by atoms with E-state index in [1.165, 1.54) is 6.42 Å².